The highest BCUT2D eigenvalue weighted by molar-refractivity contribution is 14.0. The molecule has 0 spiro atoms. The van der Waals surface area contributed by atoms with Crippen molar-refractivity contribution in [2.75, 3.05) is 19.6 Å². The van der Waals surface area contributed by atoms with Crippen molar-refractivity contribution in [1.82, 2.24) is 15.5 Å². The molecular formula is C19H33IN4. The number of halogens is 1. The van der Waals surface area contributed by atoms with E-state index in [1.807, 2.05) is 0 Å². The predicted molar refractivity (Wildman–Crippen MR) is 114 cm³/mol. The molecule has 24 heavy (non-hydrogen) atoms. The summed E-state index contributed by atoms with van der Waals surface area (Å²) < 4.78 is 0. The monoisotopic (exact) mass is 444 g/mol. The van der Waals surface area contributed by atoms with Crippen LogP contribution in [0.3, 0.4) is 0 Å². The van der Waals surface area contributed by atoms with E-state index in [-0.39, 0.29) is 24.0 Å². The Bertz CT molecular complexity index is 514. The summed E-state index contributed by atoms with van der Waals surface area (Å²) in [4.78, 5) is 7.17. The van der Waals surface area contributed by atoms with Crippen LogP contribution < -0.4 is 10.6 Å². The fourth-order valence-corrected chi connectivity index (χ4v) is 2.72. The zero-order chi connectivity index (χ0) is 16.7. The van der Waals surface area contributed by atoms with Crippen LogP contribution in [0.1, 0.15) is 45.2 Å². The molecule has 2 unspecified atom stereocenters. The molecule has 1 aromatic rings. The third-order valence-electron chi connectivity index (χ3n) is 4.49. The van der Waals surface area contributed by atoms with E-state index < -0.39 is 0 Å². The van der Waals surface area contributed by atoms with Crippen molar-refractivity contribution in [3.8, 4) is 0 Å². The van der Waals surface area contributed by atoms with Crippen LogP contribution in [0, 0.1) is 5.92 Å². The van der Waals surface area contributed by atoms with Crippen LogP contribution in [0.2, 0.25) is 0 Å². The molecule has 0 aliphatic heterocycles. The van der Waals surface area contributed by atoms with Gasteiger partial charge in [0.05, 0.1) is 6.54 Å². The molecule has 1 aliphatic rings. The minimum absolute atomic E-state index is 0. The fraction of sp³-hybridized carbons (Fsp3) is 0.632. The van der Waals surface area contributed by atoms with Gasteiger partial charge < -0.3 is 10.6 Å². The molecule has 136 valence electrons. The maximum atomic E-state index is 4.74. The summed E-state index contributed by atoms with van der Waals surface area (Å²) in [6.45, 7) is 13.6. The number of guanidine groups is 1. The van der Waals surface area contributed by atoms with Crippen LogP contribution in [0.15, 0.2) is 29.3 Å². The van der Waals surface area contributed by atoms with Gasteiger partial charge in [0, 0.05) is 19.1 Å². The molecule has 1 aromatic carbocycles. The fourth-order valence-electron chi connectivity index (χ4n) is 2.72. The van der Waals surface area contributed by atoms with Crippen LogP contribution in [0.25, 0.3) is 0 Å². The lowest BCUT2D eigenvalue weighted by atomic mass is 10.1. The van der Waals surface area contributed by atoms with Gasteiger partial charge in [0.25, 0.3) is 0 Å². The van der Waals surface area contributed by atoms with Crippen molar-refractivity contribution in [3.05, 3.63) is 35.4 Å². The van der Waals surface area contributed by atoms with Crippen molar-refractivity contribution < 1.29 is 0 Å². The van der Waals surface area contributed by atoms with Gasteiger partial charge in [-0.15, -0.1) is 24.0 Å². The van der Waals surface area contributed by atoms with Crippen molar-refractivity contribution in [1.29, 1.82) is 0 Å². The van der Waals surface area contributed by atoms with E-state index in [1.54, 1.807) is 0 Å². The highest BCUT2D eigenvalue weighted by Crippen LogP contribution is 2.28. The average Bonchev–Trinajstić information content (AvgIpc) is 3.26. The van der Waals surface area contributed by atoms with E-state index in [9.17, 15) is 0 Å². The van der Waals surface area contributed by atoms with Gasteiger partial charge in [-0.2, -0.15) is 0 Å². The summed E-state index contributed by atoms with van der Waals surface area (Å²) in [6.07, 6.45) is 1.25. The van der Waals surface area contributed by atoms with Gasteiger partial charge in [-0.1, -0.05) is 45.0 Å². The summed E-state index contributed by atoms with van der Waals surface area (Å²) in [5.41, 5.74) is 2.64. The first kappa shape index (κ1) is 21.2. The Morgan fingerprint density at radius 2 is 1.88 bits per heavy atom. The second kappa shape index (κ2) is 10.9. The first-order chi connectivity index (χ1) is 11.2. The lowest BCUT2D eigenvalue weighted by molar-refractivity contribution is 0.296. The highest BCUT2D eigenvalue weighted by atomic mass is 127. The molecule has 0 radical (unpaired) electrons. The second-order valence-electron chi connectivity index (χ2n) is 6.44. The summed E-state index contributed by atoms with van der Waals surface area (Å²) in [6, 6.07) is 9.40. The van der Waals surface area contributed by atoms with E-state index in [0.29, 0.717) is 6.04 Å². The van der Waals surface area contributed by atoms with Gasteiger partial charge in [0.2, 0.25) is 0 Å². The zero-order valence-corrected chi connectivity index (χ0v) is 17.8. The maximum Gasteiger partial charge on any atom is 0.191 e. The number of rotatable bonds is 8. The molecule has 4 nitrogen and oxygen atoms in total. The van der Waals surface area contributed by atoms with Crippen LogP contribution in [0.4, 0.5) is 0 Å². The molecule has 1 fully saturated rings. The summed E-state index contributed by atoms with van der Waals surface area (Å²) >= 11 is 0. The minimum Gasteiger partial charge on any atom is -0.357 e. The lowest BCUT2D eigenvalue weighted by Gasteiger charge is -2.18. The third-order valence-corrected chi connectivity index (χ3v) is 4.49. The smallest absolute Gasteiger partial charge is 0.191 e. The Morgan fingerprint density at radius 1 is 1.21 bits per heavy atom. The SMILES string of the molecule is CCNC(=NCc1cccc(CN(CC)CC)c1)NC1CC1C.I. The van der Waals surface area contributed by atoms with Crippen molar-refractivity contribution in [2.24, 2.45) is 10.9 Å². The van der Waals surface area contributed by atoms with Gasteiger partial charge in [-0.05, 0) is 43.5 Å². The van der Waals surface area contributed by atoms with Gasteiger partial charge in [-0.3, -0.25) is 4.90 Å². The zero-order valence-electron chi connectivity index (χ0n) is 15.5. The largest absolute Gasteiger partial charge is 0.357 e. The van der Waals surface area contributed by atoms with Gasteiger partial charge >= 0.3 is 0 Å². The minimum atomic E-state index is 0. The summed E-state index contributed by atoms with van der Waals surface area (Å²) in [7, 11) is 0. The normalized spacial score (nSPS) is 19.8. The quantitative estimate of drug-likeness (QED) is 0.366. The van der Waals surface area contributed by atoms with E-state index >= 15 is 0 Å². The summed E-state index contributed by atoms with van der Waals surface area (Å²) in [5.74, 6) is 1.72. The van der Waals surface area contributed by atoms with Crippen molar-refractivity contribution in [2.45, 2.75) is 53.2 Å². The maximum absolute atomic E-state index is 4.74. The Morgan fingerprint density at radius 3 is 2.46 bits per heavy atom. The first-order valence-corrected chi connectivity index (χ1v) is 9.01. The van der Waals surface area contributed by atoms with Crippen LogP contribution in [-0.2, 0) is 13.1 Å². The first-order valence-electron chi connectivity index (χ1n) is 9.01. The molecule has 0 amide bonds. The second-order valence-corrected chi connectivity index (χ2v) is 6.44. The molecule has 0 heterocycles. The molecule has 1 saturated carbocycles. The Kier molecular flexibility index (Phi) is 9.66. The number of nitrogens with one attached hydrogen (secondary N) is 2. The number of benzene rings is 1. The molecule has 2 N–H and O–H groups in total. The molecule has 0 saturated heterocycles. The van der Waals surface area contributed by atoms with Crippen molar-refractivity contribution >= 4 is 29.9 Å². The molecule has 5 heteroatoms. The van der Waals surface area contributed by atoms with Crippen molar-refractivity contribution in [3.63, 3.8) is 0 Å². The molecule has 0 aromatic heterocycles. The summed E-state index contributed by atoms with van der Waals surface area (Å²) in [5, 5.41) is 6.85. The molecule has 2 rings (SSSR count). The number of aliphatic imine (C=N–C) groups is 1. The van der Waals surface area contributed by atoms with E-state index in [0.717, 1.165) is 44.6 Å². The van der Waals surface area contributed by atoms with E-state index in [4.69, 9.17) is 4.99 Å². The average molecular weight is 444 g/mol. The van der Waals surface area contributed by atoms with Gasteiger partial charge in [-0.25, -0.2) is 4.99 Å². The van der Waals surface area contributed by atoms with Crippen LogP contribution >= 0.6 is 24.0 Å². The van der Waals surface area contributed by atoms with Gasteiger partial charge in [0.15, 0.2) is 5.96 Å². The predicted octanol–water partition coefficient (Wildman–Crippen LogP) is 3.61. The number of hydrogen-bond donors (Lipinski definition) is 2. The topological polar surface area (TPSA) is 39.7 Å². The van der Waals surface area contributed by atoms with Crippen LogP contribution in [-0.4, -0.2) is 36.5 Å². The number of nitrogens with zero attached hydrogens (tertiary/aromatic N) is 2. The standard InChI is InChI=1S/C19H32N4.HI/c1-5-20-19(22-18-11-15(18)4)21-13-16-9-8-10-17(12-16)14-23(6-2)7-3;/h8-10,12,15,18H,5-7,11,13-14H2,1-4H3,(H2,20,21,22);1H. The highest BCUT2D eigenvalue weighted by Gasteiger charge is 2.33. The molecule has 2 atom stereocenters. The molecular weight excluding hydrogens is 411 g/mol. The Labute approximate surface area is 164 Å². The van der Waals surface area contributed by atoms with Crippen LogP contribution in [0.5, 0.6) is 0 Å². The molecule has 0 bridgehead atoms. The van der Waals surface area contributed by atoms with E-state index in [1.165, 1.54) is 17.5 Å². The lowest BCUT2D eigenvalue weighted by Crippen LogP contribution is -2.39. The Hall–Kier alpha value is -0.820. The Balaban J connectivity index is 0.00000288. The van der Waals surface area contributed by atoms with Gasteiger partial charge in [0.1, 0.15) is 0 Å². The number of hydrogen-bond acceptors (Lipinski definition) is 2. The molecule has 1 aliphatic carbocycles. The van der Waals surface area contributed by atoms with E-state index in [2.05, 4.69) is 67.5 Å². The third kappa shape index (κ3) is 6.97.